The monoisotopic (exact) mass is 279 g/mol. The first-order chi connectivity index (χ1) is 10.3. The number of ether oxygens (including phenoxy) is 1. The molecule has 2 atom stereocenters. The number of hydrogen-bond donors (Lipinski definition) is 0. The van der Waals surface area contributed by atoms with Gasteiger partial charge in [-0.1, -0.05) is 60.7 Å². The Hall–Kier alpha value is -2.39. The van der Waals surface area contributed by atoms with E-state index >= 15 is 0 Å². The van der Waals surface area contributed by atoms with Crippen LogP contribution in [0, 0.1) is 0 Å². The largest absolute Gasteiger partial charge is 0.354 e. The fraction of sp³-hybridized carbons (Fsp3) is 0.167. The molecule has 1 aliphatic rings. The number of epoxide rings is 1. The van der Waals surface area contributed by atoms with Gasteiger partial charge in [0.1, 0.15) is 6.10 Å². The molecule has 0 spiro atoms. The van der Waals surface area contributed by atoms with Crippen LogP contribution in [0.1, 0.15) is 17.2 Å². The van der Waals surface area contributed by atoms with E-state index in [9.17, 15) is 4.79 Å². The van der Waals surface area contributed by atoms with Crippen molar-refractivity contribution >= 4 is 12.0 Å². The van der Waals surface area contributed by atoms with Gasteiger partial charge in [0.2, 0.25) is 0 Å². The normalized spacial score (nSPS) is 20.4. The van der Waals surface area contributed by atoms with Gasteiger partial charge in [-0.15, -0.1) is 0 Å². The molecule has 0 aliphatic carbocycles. The average Bonchev–Trinajstić information content (AvgIpc) is 3.34. The highest BCUT2D eigenvalue weighted by Crippen LogP contribution is 2.39. The second kappa shape index (κ2) is 5.94. The predicted octanol–water partition coefficient (Wildman–Crippen LogP) is 3.26. The number of hydrogen-bond acceptors (Lipinski definition) is 2. The molecule has 0 radical (unpaired) electrons. The molecule has 3 rings (SSSR count). The first-order valence-corrected chi connectivity index (χ1v) is 6.96. The highest BCUT2D eigenvalue weighted by molar-refractivity contribution is 5.85. The van der Waals surface area contributed by atoms with Crippen molar-refractivity contribution in [2.24, 2.45) is 0 Å². The van der Waals surface area contributed by atoms with Crippen molar-refractivity contribution < 1.29 is 9.53 Å². The van der Waals surface area contributed by atoms with Crippen LogP contribution in [0.25, 0.3) is 6.08 Å². The Bertz CT molecular complexity index is 637. The maximum absolute atomic E-state index is 12.3. The molecule has 1 fully saturated rings. The Morgan fingerprint density at radius 3 is 2.33 bits per heavy atom. The molecular weight excluding hydrogens is 262 g/mol. The minimum atomic E-state index is -0.363. The van der Waals surface area contributed by atoms with Gasteiger partial charge >= 0.3 is 0 Å². The molecule has 2 aromatic rings. The molecule has 1 heterocycles. The van der Waals surface area contributed by atoms with E-state index in [1.165, 1.54) is 0 Å². The van der Waals surface area contributed by atoms with Crippen LogP contribution in [0.5, 0.6) is 0 Å². The molecule has 1 amide bonds. The molecule has 3 heteroatoms. The summed E-state index contributed by atoms with van der Waals surface area (Å²) in [7, 11) is 1.76. The first-order valence-electron chi connectivity index (χ1n) is 6.96. The van der Waals surface area contributed by atoms with Crippen molar-refractivity contribution in [2.45, 2.75) is 12.2 Å². The molecule has 106 valence electrons. The average molecular weight is 279 g/mol. The number of carbonyl (C=O) groups is 1. The van der Waals surface area contributed by atoms with Gasteiger partial charge in [0.05, 0.1) is 0 Å². The first kappa shape index (κ1) is 13.6. The summed E-state index contributed by atoms with van der Waals surface area (Å²) < 4.78 is 5.51. The zero-order chi connectivity index (χ0) is 14.7. The Morgan fingerprint density at radius 1 is 1.05 bits per heavy atom. The van der Waals surface area contributed by atoms with Gasteiger partial charge in [-0.05, 0) is 17.2 Å². The Morgan fingerprint density at radius 2 is 1.67 bits per heavy atom. The third kappa shape index (κ3) is 3.20. The summed E-state index contributed by atoms with van der Waals surface area (Å²) in [6.07, 6.45) is 3.23. The summed E-state index contributed by atoms with van der Waals surface area (Å²) in [5.74, 6) is -0.0176. The summed E-state index contributed by atoms with van der Waals surface area (Å²) in [4.78, 5) is 13.8. The molecule has 21 heavy (non-hydrogen) atoms. The molecule has 1 aliphatic heterocycles. The van der Waals surface area contributed by atoms with Gasteiger partial charge in [0.15, 0.2) is 6.10 Å². The lowest BCUT2D eigenvalue weighted by Gasteiger charge is -2.10. The lowest BCUT2D eigenvalue weighted by atomic mass is 10.1. The van der Waals surface area contributed by atoms with Gasteiger partial charge in [-0.25, -0.2) is 0 Å². The quantitative estimate of drug-likeness (QED) is 0.805. The van der Waals surface area contributed by atoms with Gasteiger partial charge in [0, 0.05) is 13.2 Å². The molecule has 0 saturated carbocycles. The molecule has 2 unspecified atom stereocenters. The van der Waals surface area contributed by atoms with E-state index in [0.29, 0.717) is 0 Å². The minimum Gasteiger partial charge on any atom is -0.354 e. The van der Waals surface area contributed by atoms with Crippen molar-refractivity contribution in [1.29, 1.82) is 0 Å². The molecule has 0 aromatic heterocycles. The number of likely N-dealkylation sites (N-methyl/N-ethyl adjacent to an activating group) is 1. The van der Waals surface area contributed by atoms with Gasteiger partial charge < -0.3 is 9.64 Å². The van der Waals surface area contributed by atoms with Crippen LogP contribution in [0.2, 0.25) is 0 Å². The van der Waals surface area contributed by atoms with Crippen LogP contribution in [0.15, 0.2) is 66.9 Å². The number of benzene rings is 2. The topological polar surface area (TPSA) is 32.8 Å². The number of rotatable bonds is 4. The van der Waals surface area contributed by atoms with Crippen LogP contribution in [0.3, 0.4) is 0 Å². The summed E-state index contributed by atoms with van der Waals surface area (Å²) >= 11 is 0. The lowest BCUT2D eigenvalue weighted by molar-refractivity contribution is -0.128. The Labute approximate surface area is 124 Å². The number of nitrogens with zero attached hydrogens (tertiary/aromatic N) is 1. The highest BCUT2D eigenvalue weighted by atomic mass is 16.6. The van der Waals surface area contributed by atoms with E-state index in [4.69, 9.17) is 4.74 Å². The molecule has 2 aromatic carbocycles. The zero-order valence-corrected chi connectivity index (χ0v) is 11.8. The maximum atomic E-state index is 12.3. The van der Waals surface area contributed by atoms with Crippen LogP contribution in [0.4, 0.5) is 0 Å². The predicted molar refractivity (Wildman–Crippen MR) is 82.3 cm³/mol. The van der Waals surface area contributed by atoms with E-state index < -0.39 is 0 Å². The van der Waals surface area contributed by atoms with Crippen LogP contribution in [-0.2, 0) is 9.53 Å². The van der Waals surface area contributed by atoms with Crippen LogP contribution < -0.4 is 0 Å². The minimum absolute atomic E-state index is 0.0176. The molecule has 1 saturated heterocycles. The van der Waals surface area contributed by atoms with Crippen molar-refractivity contribution in [3.05, 3.63) is 78.0 Å². The second-order valence-electron chi connectivity index (χ2n) is 5.06. The van der Waals surface area contributed by atoms with E-state index in [-0.39, 0.29) is 18.1 Å². The summed E-state index contributed by atoms with van der Waals surface area (Å²) in [6, 6.07) is 19.7. The zero-order valence-electron chi connectivity index (χ0n) is 11.8. The van der Waals surface area contributed by atoms with E-state index in [1.54, 1.807) is 18.1 Å². The highest BCUT2D eigenvalue weighted by Gasteiger charge is 2.46. The van der Waals surface area contributed by atoms with E-state index in [0.717, 1.165) is 11.1 Å². The fourth-order valence-electron chi connectivity index (χ4n) is 2.23. The number of carbonyl (C=O) groups excluding carboxylic acids is 1. The van der Waals surface area contributed by atoms with Crippen molar-refractivity contribution in [1.82, 2.24) is 4.90 Å². The summed E-state index contributed by atoms with van der Waals surface area (Å²) in [5.41, 5.74) is 2.12. The summed E-state index contributed by atoms with van der Waals surface area (Å²) in [6.45, 7) is 0. The third-order valence-corrected chi connectivity index (χ3v) is 3.50. The van der Waals surface area contributed by atoms with Crippen molar-refractivity contribution in [3.8, 4) is 0 Å². The van der Waals surface area contributed by atoms with Crippen molar-refractivity contribution in [2.75, 3.05) is 7.05 Å². The second-order valence-corrected chi connectivity index (χ2v) is 5.06. The molecule has 3 nitrogen and oxygen atoms in total. The Balaban J connectivity index is 1.60. The fourth-order valence-corrected chi connectivity index (χ4v) is 2.23. The third-order valence-electron chi connectivity index (χ3n) is 3.50. The lowest BCUT2D eigenvalue weighted by Crippen LogP contribution is -2.26. The summed E-state index contributed by atoms with van der Waals surface area (Å²) in [5, 5.41) is 0. The number of amides is 1. The van der Waals surface area contributed by atoms with E-state index in [2.05, 4.69) is 0 Å². The molecule has 0 N–H and O–H groups in total. The standard InChI is InChI=1S/C18H17NO2/c1-19(13-12-14-8-4-2-5-9-14)18(20)17-16(21-17)15-10-6-3-7-11-15/h2-13,16-17H,1H3. The van der Waals surface area contributed by atoms with Gasteiger partial charge in [0.25, 0.3) is 5.91 Å². The van der Waals surface area contributed by atoms with Gasteiger partial charge in [-0.3, -0.25) is 4.79 Å². The Kier molecular flexibility index (Phi) is 3.84. The van der Waals surface area contributed by atoms with Crippen molar-refractivity contribution in [3.63, 3.8) is 0 Å². The smallest absolute Gasteiger partial charge is 0.258 e. The molecule has 0 bridgehead atoms. The van der Waals surface area contributed by atoms with E-state index in [1.807, 2.05) is 66.7 Å². The van der Waals surface area contributed by atoms with Crippen LogP contribution >= 0.6 is 0 Å². The van der Waals surface area contributed by atoms with Crippen LogP contribution in [-0.4, -0.2) is 24.0 Å². The van der Waals surface area contributed by atoms with Gasteiger partial charge in [-0.2, -0.15) is 0 Å². The SMILES string of the molecule is CN(C=Cc1ccccc1)C(=O)C1OC1c1ccccc1. The maximum Gasteiger partial charge on any atom is 0.258 e. The molecular formula is C18H17NO2.